The van der Waals surface area contributed by atoms with E-state index in [0.717, 1.165) is 29.0 Å². The molecule has 3 N–H and O–H groups in total. The van der Waals surface area contributed by atoms with Crippen molar-refractivity contribution in [2.45, 2.75) is 45.6 Å². The van der Waals surface area contributed by atoms with E-state index in [9.17, 15) is 4.79 Å². The van der Waals surface area contributed by atoms with E-state index in [1.165, 1.54) is 0 Å². The van der Waals surface area contributed by atoms with E-state index in [-0.39, 0.29) is 18.1 Å². The number of nitrogens with zero attached hydrogens (tertiary/aromatic N) is 1. The maximum absolute atomic E-state index is 12.5. The lowest BCUT2D eigenvalue weighted by molar-refractivity contribution is -0.0608. The number of hydrogen-bond donors (Lipinski definition) is 2. The Hall–Kier alpha value is -2.22. The molecule has 0 bridgehead atoms. The Morgan fingerprint density at radius 1 is 1.35 bits per heavy atom. The van der Waals surface area contributed by atoms with Gasteiger partial charge in [-0.05, 0) is 38.0 Å². The van der Waals surface area contributed by atoms with Crippen molar-refractivity contribution in [2.75, 3.05) is 13.2 Å². The summed E-state index contributed by atoms with van der Waals surface area (Å²) in [7, 11) is 0. The molecule has 0 radical (unpaired) electrons. The Bertz CT molecular complexity index is 722. The summed E-state index contributed by atoms with van der Waals surface area (Å²) in [5.74, 6) is 0.616. The number of hydrogen-bond acceptors (Lipinski definition) is 6. The monoisotopic (exact) mass is 359 g/mol. The van der Waals surface area contributed by atoms with Crippen LogP contribution < -0.4 is 11.1 Å². The van der Waals surface area contributed by atoms with Gasteiger partial charge in [0.2, 0.25) is 0 Å². The molecule has 2 heterocycles. The third kappa shape index (κ3) is 4.30. The molecule has 140 valence electrons. The molecule has 0 spiro atoms. The minimum atomic E-state index is -0.203. The first kappa shape index (κ1) is 18.6. The highest BCUT2D eigenvalue weighted by Crippen LogP contribution is 2.19. The summed E-state index contributed by atoms with van der Waals surface area (Å²) in [5.41, 5.74) is 8.96. The predicted octanol–water partition coefficient (Wildman–Crippen LogP) is 1.85. The summed E-state index contributed by atoms with van der Waals surface area (Å²) in [6.45, 7) is 5.67. The summed E-state index contributed by atoms with van der Waals surface area (Å²) in [5, 5.41) is 6.97. The zero-order valence-corrected chi connectivity index (χ0v) is 15.2. The number of ether oxygens (including phenoxy) is 2. The van der Waals surface area contributed by atoms with Crippen LogP contribution in [0.5, 0.6) is 0 Å². The molecular weight excluding hydrogens is 334 g/mol. The number of aryl methyl sites for hydroxylation is 2. The molecule has 0 saturated carbocycles. The van der Waals surface area contributed by atoms with Crippen molar-refractivity contribution in [3.63, 3.8) is 0 Å². The van der Waals surface area contributed by atoms with Crippen LogP contribution in [-0.4, -0.2) is 36.4 Å². The molecule has 7 nitrogen and oxygen atoms in total. The van der Waals surface area contributed by atoms with E-state index in [1.807, 2.05) is 26.0 Å². The van der Waals surface area contributed by atoms with E-state index in [0.29, 0.717) is 31.9 Å². The molecule has 1 aromatic heterocycles. The zero-order valence-electron chi connectivity index (χ0n) is 15.2. The molecule has 1 saturated heterocycles. The normalized spacial score (nSPS) is 20.1. The minimum Gasteiger partial charge on any atom is -0.379 e. The number of nitrogens with one attached hydrogen (secondary N) is 1. The van der Waals surface area contributed by atoms with E-state index >= 15 is 0 Å². The summed E-state index contributed by atoms with van der Waals surface area (Å²) in [6, 6.07) is 7.07. The molecule has 0 aliphatic carbocycles. The molecule has 7 heteroatoms. The van der Waals surface area contributed by atoms with E-state index in [4.69, 9.17) is 19.7 Å². The second kappa shape index (κ2) is 8.44. The van der Waals surface area contributed by atoms with Crippen LogP contribution in [-0.2, 0) is 22.6 Å². The molecule has 3 rings (SSSR count). The van der Waals surface area contributed by atoms with Gasteiger partial charge in [-0.15, -0.1) is 0 Å². The summed E-state index contributed by atoms with van der Waals surface area (Å²) < 4.78 is 16.8. The average Bonchev–Trinajstić information content (AvgIpc) is 2.99. The Kier molecular flexibility index (Phi) is 6.03. The van der Waals surface area contributed by atoms with Crippen LogP contribution in [0.3, 0.4) is 0 Å². The van der Waals surface area contributed by atoms with E-state index in [1.54, 1.807) is 12.1 Å². The first-order valence-corrected chi connectivity index (χ1v) is 8.79. The first-order chi connectivity index (χ1) is 12.6. The number of carbonyl (C=O) groups is 1. The lowest BCUT2D eigenvalue weighted by Crippen LogP contribution is -2.50. The molecule has 1 aliphatic heterocycles. The van der Waals surface area contributed by atoms with Crippen molar-refractivity contribution in [3.8, 4) is 0 Å². The molecule has 1 fully saturated rings. The number of rotatable bonds is 6. The third-order valence-electron chi connectivity index (χ3n) is 4.68. The van der Waals surface area contributed by atoms with Crippen LogP contribution >= 0.6 is 0 Å². The highest BCUT2D eigenvalue weighted by Gasteiger charge is 2.29. The van der Waals surface area contributed by atoms with Crippen LogP contribution in [0, 0.1) is 13.8 Å². The number of nitrogens with two attached hydrogens (primary N) is 1. The first-order valence-electron chi connectivity index (χ1n) is 8.79. The van der Waals surface area contributed by atoms with Gasteiger partial charge in [-0.25, -0.2) is 0 Å². The largest absolute Gasteiger partial charge is 0.379 e. The van der Waals surface area contributed by atoms with Gasteiger partial charge in [0.1, 0.15) is 5.76 Å². The number of benzene rings is 1. The van der Waals surface area contributed by atoms with Gasteiger partial charge in [-0.1, -0.05) is 17.3 Å². The second-order valence-corrected chi connectivity index (χ2v) is 6.50. The molecule has 1 aliphatic rings. The fraction of sp³-hybridized carbons (Fsp3) is 0.474. The van der Waals surface area contributed by atoms with Crippen molar-refractivity contribution < 1.29 is 18.8 Å². The van der Waals surface area contributed by atoms with Crippen molar-refractivity contribution in [1.82, 2.24) is 10.5 Å². The van der Waals surface area contributed by atoms with Crippen molar-refractivity contribution in [2.24, 2.45) is 5.73 Å². The van der Waals surface area contributed by atoms with Crippen LogP contribution in [0.15, 0.2) is 28.8 Å². The van der Waals surface area contributed by atoms with Gasteiger partial charge < -0.3 is 25.0 Å². The number of aromatic nitrogens is 1. The Morgan fingerprint density at radius 3 is 2.77 bits per heavy atom. The topological polar surface area (TPSA) is 99.6 Å². The Morgan fingerprint density at radius 2 is 2.12 bits per heavy atom. The van der Waals surface area contributed by atoms with Gasteiger partial charge in [0.15, 0.2) is 0 Å². The quantitative estimate of drug-likeness (QED) is 0.817. The second-order valence-electron chi connectivity index (χ2n) is 6.50. The maximum atomic E-state index is 12.5. The molecule has 1 amide bonds. The maximum Gasteiger partial charge on any atom is 0.251 e. The van der Waals surface area contributed by atoms with Gasteiger partial charge in [0.25, 0.3) is 5.91 Å². The number of carbonyl (C=O) groups excluding carboxylic acids is 1. The summed E-state index contributed by atoms with van der Waals surface area (Å²) >= 11 is 0. The van der Waals surface area contributed by atoms with Gasteiger partial charge >= 0.3 is 0 Å². The fourth-order valence-electron chi connectivity index (χ4n) is 2.99. The molecule has 2 aromatic rings. The fourth-order valence-corrected chi connectivity index (χ4v) is 2.99. The van der Waals surface area contributed by atoms with Gasteiger partial charge in [0, 0.05) is 24.3 Å². The van der Waals surface area contributed by atoms with Crippen molar-refractivity contribution in [3.05, 3.63) is 52.4 Å². The van der Waals surface area contributed by atoms with E-state index < -0.39 is 0 Å². The van der Waals surface area contributed by atoms with Crippen LogP contribution in [0.2, 0.25) is 0 Å². The summed E-state index contributed by atoms with van der Waals surface area (Å²) in [4.78, 5) is 12.5. The Labute approximate surface area is 152 Å². The lowest BCUT2D eigenvalue weighted by atomic mass is 10.0. The van der Waals surface area contributed by atoms with E-state index in [2.05, 4.69) is 10.5 Å². The predicted molar refractivity (Wildman–Crippen MR) is 95.6 cm³/mol. The molecular formula is C19H25N3O4. The standard InChI is InChI=1S/C19H25N3O4/c1-12-16(13(2)26-22-12)10-25-18-7-8-24-11-17(18)21-19(23)15-5-3-14(9-20)4-6-15/h3-6,17-18H,7-11,20H2,1-2H3,(H,21,23)/t17-,18+/m0/s1. The Balaban J connectivity index is 1.61. The minimum absolute atomic E-state index is 0.121. The van der Waals surface area contributed by atoms with Crippen LogP contribution in [0.4, 0.5) is 0 Å². The summed E-state index contributed by atoms with van der Waals surface area (Å²) in [6.07, 6.45) is 0.602. The number of amides is 1. The van der Waals surface area contributed by atoms with Crippen LogP contribution in [0.25, 0.3) is 0 Å². The van der Waals surface area contributed by atoms with Gasteiger partial charge in [0.05, 0.1) is 31.1 Å². The van der Waals surface area contributed by atoms with Crippen molar-refractivity contribution >= 4 is 5.91 Å². The SMILES string of the molecule is Cc1noc(C)c1CO[C@@H]1CCOC[C@@H]1NC(=O)c1ccc(CN)cc1. The highest BCUT2D eigenvalue weighted by atomic mass is 16.5. The third-order valence-corrected chi connectivity index (χ3v) is 4.68. The highest BCUT2D eigenvalue weighted by molar-refractivity contribution is 5.94. The lowest BCUT2D eigenvalue weighted by Gasteiger charge is -2.32. The molecule has 2 atom stereocenters. The van der Waals surface area contributed by atoms with Crippen LogP contribution in [0.1, 0.15) is 39.4 Å². The average molecular weight is 359 g/mol. The van der Waals surface area contributed by atoms with Crippen molar-refractivity contribution in [1.29, 1.82) is 0 Å². The smallest absolute Gasteiger partial charge is 0.251 e. The molecule has 1 aromatic carbocycles. The molecule has 26 heavy (non-hydrogen) atoms. The van der Waals surface area contributed by atoms with Gasteiger partial charge in [-0.2, -0.15) is 0 Å². The van der Waals surface area contributed by atoms with Gasteiger partial charge in [-0.3, -0.25) is 4.79 Å². The molecule has 0 unspecified atom stereocenters. The zero-order chi connectivity index (χ0) is 18.5.